The molecular formula is C14H24N4O2S. The van der Waals surface area contributed by atoms with Crippen LogP contribution in [0.3, 0.4) is 0 Å². The van der Waals surface area contributed by atoms with Gasteiger partial charge in [-0.25, -0.2) is 12.7 Å². The van der Waals surface area contributed by atoms with Crippen molar-refractivity contribution in [3.8, 4) is 0 Å². The van der Waals surface area contributed by atoms with E-state index < -0.39 is 10.0 Å². The van der Waals surface area contributed by atoms with Crippen molar-refractivity contribution in [3.05, 3.63) is 18.2 Å². The first kappa shape index (κ1) is 16.1. The molecule has 0 spiro atoms. The molecule has 7 heteroatoms. The number of piperidine rings is 1. The fraction of sp³-hybridized carbons (Fsp3) is 0.571. The number of anilines is 2. The maximum atomic E-state index is 12.2. The molecule has 0 radical (unpaired) electrons. The van der Waals surface area contributed by atoms with Gasteiger partial charge in [-0.1, -0.05) is 0 Å². The minimum absolute atomic E-state index is 0.258. The maximum absolute atomic E-state index is 12.2. The molecule has 1 aliphatic rings. The highest BCUT2D eigenvalue weighted by Gasteiger charge is 2.21. The van der Waals surface area contributed by atoms with Crippen molar-refractivity contribution < 1.29 is 8.42 Å². The Kier molecular flexibility index (Phi) is 4.75. The zero-order chi connectivity index (χ0) is 15.6. The van der Waals surface area contributed by atoms with Crippen LogP contribution in [-0.2, 0) is 10.0 Å². The fourth-order valence-electron chi connectivity index (χ4n) is 2.54. The highest BCUT2D eigenvalue weighted by molar-refractivity contribution is 7.89. The van der Waals surface area contributed by atoms with Gasteiger partial charge in [0.25, 0.3) is 0 Å². The molecule has 0 saturated carbocycles. The van der Waals surface area contributed by atoms with Crippen LogP contribution in [-0.4, -0.2) is 57.9 Å². The van der Waals surface area contributed by atoms with Crippen molar-refractivity contribution in [2.24, 2.45) is 0 Å². The zero-order valence-corrected chi connectivity index (χ0v) is 13.7. The normalized spacial score (nSPS) is 20.7. The van der Waals surface area contributed by atoms with Gasteiger partial charge in [0.15, 0.2) is 0 Å². The molecular weight excluding hydrogens is 288 g/mol. The molecule has 21 heavy (non-hydrogen) atoms. The van der Waals surface area contributed by atoms with Crippen molar-refractivity contribution in [1.82, 2.24) is 9.21 Å². The van der Waals surface area contributed by atoms with Crippen molar-refractivity contribution in [3.63, 3.8) is 0 Å². The third-order valence-corrected chi connectivity index (χ3v) is 5.60. The number of nitrogen functional groups attached to an aromatic ring is 1. The summed E-state index contributed by atoms with van der Waals surface area (Å²) < 4.78 is 25.6. The Morgan fingerprint density at radius 1 is 1.38 bits per heavy atom. The lowest BCUT2D eigenvalue weighted by molar-refractivity contribution is 0.261. The van der Waals surface area contributed by atoms with Gasteiger partial charge in [-0.05, 0) is 44.6 Å². The van der Waals surface area contributed by atoms with Crippen LogP contribution in [0.1, 0.15) is 12.8 Å². The number of hydrogen-bond acceptors (Lipinski definition) is 5. The summed E-state index contributed by atoms with van der Waals surface area (Å²) in [6.45, 7) is 2.03. The second kappa shape index (κ2) is 6.21. The number of hydrogen-bond donors (Lipinski definition) is 2. The van der Waals surface area contributed by atoms with Gasteiger partial charge in [0.05, 0.1) is 16.3 Å². The Labute approximate surface area is 127 Å². The predicted molar refractivity (Wildman–Crippen MR) is 85.9 cm³/mol. The second-order valence-electron chi connectivity index (χ2n) is 5.78. The number of likely N-dealkylation sites (tertiary alicyclic amines) is 1. The van der Waals surface area contributed by atoms with E-state index in [0.717, 1.165) is 25.9 Å². The van der Waals surface area contributed by atoms with Crippen LogP contribution in [0.4, 0.5) is 11.4 Å². The average molecular weight is 312 g/mol. The smallest absolute Gasteiger partial charge is 0.242 e. The average Bonchev–Trinajstić information content (AvgIpc) is 2.41. The second-order valence-corrected chi connectivity index (χ2v) is 7.93. The van der Waals surface area contributed by atoms with E-state index in [0.29, 0.717) is 17.4 Å². The van der Waals surface area contributed by atoms with Crippen LogP contribution in [0.5, 0.6) is 0 Å². The summed E-state index contributed by atoms with van der Waals surface area (Å²) in [7, 11) is 1.69. The standard InChI is InChI=1S/C14H24N4O2S/c1-17(2)21(19,20)12-6-7-13(15)14(9-12)16-11-5-4-8-18(3)10-11/h6-7,9,11,16H,4-5,8,10,15H2,1-3H3. The highest BCUT2D eigenvalue weighted by atomic mass is 32.2. The number of nitrogens with two attached hydrogens (primary N) is 1. The summed E-state index contributed by atoms with van der Waals surface area (Å²) in [5, 5.41) is 3.38. The Balaban J connectivity index is 2.24. The fourth-order valence-corrected chi connectivity index (χ4v) is 3.46. The molecule has 1 heterocycles. The van der Waals surface area contributed by atoms with E-state index in [-0.39, 0.29) is 4.90 Å². The van der Waals surface area contributed by atoms with Gasteiger partial charge >= 0.3 is 0 Å². The first-order chi connectivity index (χ1) is 9.80. The molecule has 2 rings (SSSR count). The SMILES string of the molecule is CN1CCCC(Nc2cc(S(=O)(=O)N(C)C)ccc2N)C1. The summed E-state index contributed by atoms with van der Waals surface area (Å²) in [4.78, 5) is 2.52. The molecule has 1 aliphatic heterocycles. The van der Waals surface area contributed by atoms with Gasteiger partial charge in [0.1, 0.15) is 0 Å². The Hall–Kier alpha value is -1.31. The van der Waals surface area contributed by atoms with Crippen LogP contribution in [0.15, 0.2) is 23.1 Å². The van der Waals surface area contributed by atoms with Gasteiger partial charge < -0.3 is 16.0 Å². The summed E-state index contributed by atoms with van der Waals surface area (Å²) in [5.74, 6) is 0. The van der Waals surface area contributed by atoms with Crippen LogP contribution >= 0.6 is 0 Å². The number of nitrogens with one attached hydrogen (secondary N) is 1. The third-order valence-electron chi connectivity index (χ3n) is 3.79. The first-order valence-electron chi connectivity index (χ1n) is 7.08. The van der Waals surface area contributed by atoms with Crippen LogP contribution in [0.2, 0.25) is 0 Å². The number of likely N-dealkylation sites (N-methyl/N-ethyl adjacent to an activating group) is 1. The summed E-state index contributed by atoms with van der Waals surface area (Å²) in [6.07, 6.45) is 2.19. The zero-order valence-electron chi connectivity index (χ0n) is 12.8. The van der Waals surface area contributed by atoms with E-state index >= 15 is 0 Å². The minimum Gasteiger partial charge on any atom is -0.397 e. The lowest BCUT2D eigenvalue weighted by Gasteiger charge is -2.31. The third kappa shape index (κ3) is 3.66. The van der Waals surface area contributed by atoms with E-state index in [1.54, 1.807) is 18.2 Å². The van der Waals surface area contributed by atoms with Gasteiger partial charge in [-0.3, -0.25) is 0 Å². The predicted octanol–water partition coefficient (Wildman–Crippen LogP) is 1.03. The molecule has 0 amide bonds. The van der Waals surface area contributed by atoms with Crippen LogP contribution < -0.4 is 11.1 Å². The Morgan fingerprint density at radius 2 is 2.10 bits per heavy atom. The van der Waals surface area contributed by atoms with Gasteiger partial charge in [0, 0.05) is 26.7 Å². The summed E-state index contributed by atoms with van der Waals surface area (Å²) in [6, 6.07) is 5.11. The van der Waals surface area contributed by atoms with Crippen molar-refractivity contribution in [2.75, 3.05) is 45.3 Å². The summed E-state index contributed by atoms with van der Waals surface area (Å²) >= 11 is 0. The topological polar surface area (TPSA) is 78.7 Å². The summed E-state index contributed by atoms with van der Waals surface area (Å²) in [5.41, 5.74) is 7.24. The molecule has 6 nitrogen and oxygen atoms in total. The molecule has 3 N–H and O–H groups in total. The number of nitrogens with zero attached hydrogens (tertiary/aromatic N) is 2. The molecule has 1 aromatic carbocycles. The quantitative estimate of drug-likeness (QED) is 0.812. The van der Waals surface area contributed by atoms with Gasteiger partial charge in [-0.2, -0.15) is 0 Å². The van der Waals surface area contributed by atoms with Crippen molar-refractivity contribution in [2.45, 2.75) is 23.8 Å². The van der Waals surface area contributed by atoms with Gasteiger partial charge in [-0.15, -0.1) is 0 Å². The molecule has 1 atom stereocenters. The number of benzene rings is 1. The molecule has 1 saturated heterocycles. The number of sulfonamides is 1. The van der Waals surface area contributed by atoms with E-state index in [1.165, 1.54) is 18.4 Å². The van der Waals surface area contributed by atoms with Crippen molar-refractivity contribution in [1.29, 1.82) is 0 Å². The molecule has 0 aliphatic carbocycles. The molecule has 118 valence electrons. The molecule has 1 aromatic rings. The number of rotatable bonds is 4. The molecule has 1 fully saturated rings. The van der Waals surface area contributed by atoms with Gasteiger partial charge in [0.2, 0.25) is 10.0 Å². The van der Waals surface area contributed by atoms with Crippen LogP contribution in [0, 0.1) is 0 Å². The maximum Gasteiger partial charge on any atom is 0.242 e. The molecule has 0 bridgehead atoms. The highest BCUT2D eigenvalue weighted by Crippen LogP contribution is 2.26. The van der Waals surface area contributed by atoms with Crippen LogP contribution in [0.25, 0.3) is 0 Å². The minimum atomic E-state index is -3.44. The van der Waals surface area contributed by atoms with E-state index in [2.05, 4.69) is 17.3 Å². The van der Waals surface area contributed by atoms with E-state index in [1.807, 2.05) is 0 Å². The molecule has 0 aromatic heterocycles. The van der Waals surface area contributed by atoms with E-state index in [9.17, 15) is 8.42 Å². The lowest BCUT2D eigenvalue weighted by atomic mass is 10.1. The van der Waals surface area contributed by atoms with Crippen molar-refractivity contribution >= 4 is 21.4 Å². The first-order valence-corrected chi connectivity index (χ1v) is 8.52. The Bertz CT molecular complexity index is 601. The lowest BCUT2D eigenvalue weighted by Crippen LogP contribution is -2.39. The monoisotopic (exact) mass is 312 g/mol. The van der Waals surface area contributed by atoms with E-state index in [4.69, 9.17) is 5.73 Å². The Morgan fingerprint density at radius 3 is 2.71 bits per heavy atom. The largest absolute Gasteiger partial charge is 0.397 e. The molecule has 1 unspecified atom stereocenters.